The summed E-state index contributed by atoms with van der Waals surface area (Å²) in [7, 11) is 5.22. The number of piperidine rings is 1. The first-order valence-electron chi connectivity index (χ1n) is 9.65. The number of nitrogens with zero attached hydrogens (tertiary/aromatic N) is 4. The molecule has 0 atom stereocenters. The van der Waals surface area contributed by atoms with E-state index in [4.69, 9.17) is 43.4 Å². The van der Waals surface area contributed by atoms with E-state index >= 15 is 0 Å². The molecule has 3 aromatic rings. The van der Waals surface area contributed by atoms with Gasteiger partial charge in [0.25, 0.3) is 0 Å². The van der Waals surface area contributed by atoms with Crippen molar-refractivity contribution in [2.24, 2.45) is 0 Å². The molecule has 1 aliphatic rings. The van der Waals surface area contributed by atoms with Crippen LogP contribution in [0.15, 0.2) is 18.3 Å². The first-order valence-corrected chi connectivity index (χ1v) is 10.4. The highest BCUT2D eigenvalue weighted by molar-refractivity contribution is 6.41. The van der Waals surface area contributed by atoms with Crippen LogP contribution in [-0.2, 0) is 0 Å². The Bertz CT molecular complexity index is 1070. The standard InChI is InChI=1S/C21H23Cl2N5O2/c1-28-6-4-11(5-7-28)19-20-12(10-25-21(24)27-20)8-13(26-19)16-17(22)14(29-2)9-15(30-3)18(16)23/h8-11H,4-7H2,1-3H3,(H2,24,25,27). The topological polar surface area (TPSA) is 86.4 Å². The number of rotatable bonds is 4. The van der Waals surface area contributed by atoms with Crippen LogP contribution in [0.1, 0.15) is 24.5 Å². The lowest BCUT2D eigenvalue weighted by Crippen LogP contribution is -2.29. The Morgan fingerprint density at radius 2 is 1.67 bits per heavy atom. The fraction of sp³-hybridized carbons (Fsp3) is 0.381. The first-order chi connectivity index (χ1) is 14.4. The maximum absolute atomic E-state index is 6.65. The number of ether oxygens (including phenoxy) is 2. The van der Waals surface area contributed by atoms with Crippen molar-refractivity contribution >= 4 is 40.1 Å². The van der Waals surface area contributed by atoms with Crippen LogP contribution in [0.25, 0.3) is 22.2 Å². The van der Waals surface area contributed by atoms with Gasteiger partial charge >= 0.3 is 0 Å². The number of aromatic nitrogens is 3. The van der Waals surface area contributed by atoms with E-state index < -0.39 is 0 Å². The van der Waals surface area contributed by atoms with Gasteiger partial charge in [-0.1, -0.05) is 23.2 Å². The first kappa shape index (κ1) is 20.9. The molecule has 1 aromatic carbocycles. The second-order valence-corrected chi connectivity index (χ2v) is 8.18. The largest absolute Gasteiger partial charge is 0.495 e. The molecular weight excluding hydrogens is 425 g/mol. The maximum atomic E-state index is 6.65. The van der Waals surface area contributed by atoms with Gasteiger partial charge in [-0.3, -0.25) is 4.98 Å². The van der Waals surface area contributed by atoms with Gasteiger partial charge in [-0.25, -0.2) is 9.97 Å². The van der Waals surface area contributed by atoms with Crippen molar-refractivity contribution in [1.82, 2.24) is 19.9 Å². The Morgan fingerprint density at radius 3 is 2.27 bits per heavy atom. The van der Waals surface area contributed by atoms with Gasteiger partial charge in [-0.15, -0.1) is 0 Å². The fourth-order valence-electron chi connectivity index (χ4n) is 3.88. The Balaban J connectivity index is 1.96. The summed E-state index contributed by atoms with van der Waals surface area (Å²) in [4.78, 5) is 16.0. The Kier molecular flexibility index (Phi) is 5.86. The van der Waals surface area contributed by atoms with Crippen LogP contribution in [0.3, 0.4) is 0 Å². The molecule has 1 fully saturated rings. The van der Waals surface area contributed by atoms with Crippen LogP contribution in [0.5, 0.6) is 11.5 Å². The normalized spacial score (nSPS) is 15.5. The molecular formula is C21H23Cl2N5O2. The third-order valence-corrected chi connectivity index (χ3v) is 6.30. The molecule has 7 nitrogen and oxygen atoms in total. The summed E-state index contributed by atoms with van der Waals surface area (Å²) < 4.78 is 10.8. The molecule has 0 amide bonds. The molecule has 30 heavy (non-hydrogen) atoms. The van der Waals surface area contributed by atoms with Crippen molar-refractivity contribution in [3.8, 4) is 22.8 Å². The number of methoxy groups -OCH3 is 2. The van der Waals surface area contributed by atoms with E-state index in [-0.39, 0.29) is 11.9 Å². The number of nitrogen functional groups attached to an aromatic ring is 1. The van der Waals surface area contributed by atoms with E-state index in [1.165, 1.54) is 0 Å². The van der Waals surface area contributed by atoms with Crippen LogP contribution in [0.4, 0.5) is 5.95 Å². The number of benzene rings is 1. The number of fused-ring (bicyclic) bond motifs is 1. The van der Waals surface area contributed by atoms with Crippen LogP contribution in [0, 0.1) is 0 Å². The Hall–Kier alpha value is -2.35. The average molecular weight is 448 g/mol. The van der Waals surface area contributed by atoms with Gasteiger partial charge in [0, 0.05) is 29.1 Å². The van der Waals surface area contributed by atoms with Crippen molar-refractivity contribution in [1.29, 1.82) is 0 Å². The summed E-state index contributed by atoms with van der Waals surface area (Å²) in [6.45, 7) is 1.99. The zero-order valence-corrected chi connectivity index (χ0v) is 18.6. The molecule has 0 radical (unpaired) electrons. The molecule has 0 saturated carbocycles. The lowest BCUT2D eigenvalue weighted by Gasteiger charge is -2.29. The average Bonchev–Trinajstić information content (AvgIpc) is 2.74. The molecule has 0 bridgehead atoms. The monoisotopic (exact) mass is 447 g/mol. The van der Waals surface area contributed by atoms with Gasteiger partial charge in [0.2, 0.25) is 5.95 Å². The van der Waals surface area contributed by atoms with E-state index in [9.17, 15) is 0 Å². The molecule has 2 aromatic heterocycles. The number of hydrogen-bond acceptors (Lipinski definition) is 7. The van der Waals surface area contributed by atoms with Crippen LogP contribution in [-0.4, -0.2) is 54.2 Å². The number of anilines is 1. The third kappa shape index (κ3) is 3.73. The molecule has 1 aliphatic heterocycles. The van der Waals surface area contributed by atoms with Gasteiger partial charge in [-0.05, 0) is 39.0 Å². The lowest BCUT2D eigenvalue weighted by molar-refractivity contribution is 0.254. The van der Waals surface area contributed by atoms with E-state index in [0.29, 0.717) is 32.8 Å². The maximum Gasteiger partial charge on any atom is 0.220 e. The number of hydrogen-bond donors (Lipinski definition) is 1. The summed E-state index contributed by atoms with van der Waals surface area (Å²) in [5.41, 5.74) is 8.72. The van der Waals surface area contributed by atoms with Crippen molar-refractivity contribution in [3.63, 3.8) is 0 Å². The van der Waals surface area contributed by atoms with Crippen LogP contribution in [0.2, 0.25) is 10.0 Å². The van der Waals surface area contributed by atoms with E-state index in [0.717, 1.165) is 42.5 Å². The van der Waals surface area contributed by atoms with Crippen molar-refractivity contribution in [3.05, 3.63) is 34.1 Å². The van der Waals surface area contributed by atoms with Gasteiger partial charge in [0.05, 0.1) is 41.2 Å². The molecule has 0 unspecified atom stereocenters. The van der Waals surface area contributed by atoms with Gasteiger partial charge < -0.3 is 20.1 Å². The predicted octanol–water partition coefficient (Wildman–Crippen LogP) is 4.41. The number of halogens is 2. The second-order valence-electron chi connectivity index (χ2n) is 7.42. The summed E-state index contributed by atoms with van der Waals surface area (Å²) in [5, 5.41) is 1.58. The molecule has 0 aliphatic carbocycles. The minimum absolute atomic E-state index is 0.227. The molecule has 3 heterocycles. The molecule has 9 heteroatoms. The summed E-state index contributed by atoms with van der Waals surface area (Å²) in [6, 6.07) is 3.54. The summed E-state index contributed by atoms with van der Waals surface area (Å²) in [5.74, 6) is 1.40. The van der Waals surface area contributed by atoms with Crippen LogP contribution < -0.4 is 15.2 Å². The number of likely N-dealkylation sites (tertiary alicyclic amines) is 1. The zero-order chi connectivity index (χ0) is 21.4. The van der Waals surface area contributed by atoms with Crippen molar-refractivity contribution in [2.75, 3.05) is 40.1 Å². The number of nitrogens with two attached hydrogens (primary N) is 1. The van der Waals surface area contributed by atoms with Gasteiger partial charge in [0.1, 0.15) is 11.5 Å². The van der Waals surface area contributed by atoms with Gasteiger partial charge in [-0.2, -0.15) is 0 Å². The second kappa shape index (κ2) is 8.41. The predicted molar refractivity (Wildman–Crippen MR) is 120 cm³/mol. The van der Waals surface area contributed by atoms with E-state index in [1.807, 2.05) is 6.07 Å². The Labute approximate surface area is 185 Å². The summed E-state index contributed by atoms with van der Waals surface area (Å²) >= 11 is 13.3. The lowest BCUT2D eigenvalue weighted by atomic mass is 9.91. The molecule has 1 saturated heterocycles. The minimum Gasteiger partial charge on any atom is -0.495 e. The molecule has 158 valence electrons. The molecule has 4 rings (SSSR count). The number of pyridine rings is 1. The summed E-state index contributed by atoms with van der Waals surface area (Å²) in [6.07, 6.45) is 3.67. The quantitative estimate of drug-likeness (QED) is 0.633. The molecule has 2 N–H and O–H groups in total. The van der Waals surface area contributed by atoms with E-state index in [1.54, 1.807) is 26.5 Å². The SMILES string of the molecule is COc1cc(OC)c(Cl)c(-c2cc3cnc(N)nc3c(C3CCN(C)CC3)n2)c1Cl. The highest BCUT2D eigenvalue weighted by Crippen LogP contribution is 2.46. The Morgan fingerprint density at radius 1 is 1.03 bits per heavy atom. The fourth-order valence-corrected chi connectivity index (χ4v) is 4.58. The zero-order valence-electron chi connectivity index (χ0n) is 17.1. The highest BCUT2D eigenvalue weighted by atomic mass is 35.5. The van der Waals surface area contributed by atoms with Crippen molar-refractivity contribution in [2.45, 2.75) is 18.8 Å². The third-order valence-electron chi connectivity index (χ3n) is 5.55. The smallest absolute Gasteiger partial charge is 0.220 e. The molecule has 0 spiro atoms. The minimum atomic E-state index is 0.227. The van der Waals surface area contributed by atoms with Gasteiger partial charge in [0.15, 0.2) is 0 Å². The highest BCUT2D eigenvalue weighted by Gasteiger charge is 2.26. The van der Waals surface area contributed by atoms with Crippen molar-refractivity contribution < 1.29 is 9.47 Å². The van der Waals surface area contributed by atoms with E-state index in [2.05, 4.69) is 21.9 Å². The van der Waals surface area contributed by atoms with Crippen LogP contribution >= 0.6 is 23.2 Å².